The number of carbonyl (C=O) groups excluding carboxylic acids is 2. The summed E-state index contributed by atoms with van der Waals surface area (Å²) in [6.07, 6.45) is -5.98. The van der Waals surface area contributed by atoms with Gasteiger partial charge in [-0.05, 0) is 91.1 Å². The standard InChI is InChI=1S/C43H30F6N8O3/c44-42(45,46)29-13-2-1-11-26(29)38-52-32-20-18-25(35(37(32)56-38)41(59)54-34-16-4-6-22-57(34)60)10-7-9-24-17-19-30(43(47,48)49)28(23-24)39-51-31-14-8-12-27(36(31)55-39)40(58)53-33-15-3-5-21-50-33/h1-6,8,11-23,60H,7,9-10H2,(H,51,55)(H,52,56)(H,50,53,58). The number of carbonyl (C=O) groups is 2. The molecule has 0 atom stereocenters. The van der Waals surface area contributed by atoms with E-state index < -0.39 is 35.3 Å². The highest BCUT2D eigenvalue weighted by Gasteiger charge is 2.36. The highest BCUT2D eigenvalue weighted by molar-refractivity contribution is 6.11. The van der Waals surface area contributed by atoms with E-state index in [1.165, 1.54) is 60.9 Å². The molecule has 2 amide bonds. The van der Waals surface area contributed by atoms with Crippen LogP contribution >= 0.6 is 0 Å². The summed E-state index contributed by atoms with van der Waals surface area (Å²) in [5.74, 6) is -1.35. The van der Waals surface area contributed by atoms with Crippen molar-refractivity contribution in [1.29, 1.82) is 0 Å². The van der Waals surface area contributed by atoms with E-state index in [2.05, 4.69) is 35.2 Å². The zero-order chi connectivity index (χ0) is 42.2. The van der Waals surface area contributed by atoms with Crippen LogP contribution in [-0.2, 0) is 25.2 Å². The number of hydrogen-bond donors (Lipinski definition) is 4. The van der Waals surface area contributed by atoms with Crippen LogP contribution in [0.5, 0.6) is 0 Å². The molecule has 0 aliphatic carbocycles. The lowest BCUT2D eigenvalue weighted by Gasteiger charge is -2.13. The number of anilines is 1. The fraction of sp³-hybridized carbons (Fsp3) is 0.116. The largest absolute Gasteiger partial charge is 0.427 e. The van der Waals surface area contributed by atoms with Gasteiger partial charge in [0.2, 0.25) is 0 Å². The van der Waals surface area contributed by atoms with Gasteiger partial charge in [-0.15, -0.1) is 0 Å². The van der Waals surface area contributed by atoms with Crippen LogP contribution in [0.3, 0.4) is 0 Å². The van der Waals surface area contributed by atoms with Crippen molar-refractivity contribution in [3.05, 3.63) is 160 Å². The molecule has 4 aromatic carbocycles. The predicted molar refractivity (Wildman–Crippen MR) is 209 cm³/mol. The van der Waals surface area contributed by atoms with Gasteiger partial charge in [-0.1, -0.05) is 48.5 Å². The molecule has 8 aromatic rings. The average molecular weight is 821 g/mol. The zero-order valence-electron chi connectivity index (χ0n) is 30.9. The van der Waals surface area contributed by atoms with Crippen LogP contribution in [0.2, 0.25) is 0 Å². The maximum Gasteiger partial charge on any atom is 0.417 e. The number of benzene rings is 4. The predicted octanol–water partition coefficient (Wildman–Crippen LogP) is 9.41. The molecule has 4 aromatic heterocycles. The number of imidazole rings is 2. The van der Waals surface area contributed by atoms with Crippen LogP contribution in [0.15, 0.2) is 127 Å². The molecule has 0 unspecified atom stereocenters. The highest BCUT2D eigenvalue weighted by atomic mass is 19.4. The van der Waals surface area contributed by atoms with E-state index >= 15 is 0 Å². The van der Waals surface area contributed by atoms with Crippen LogP contribution in [0, 0.1) is 0 Å². The third-order valence-corrected chi connectivity index (χ3v) is 9.70. The Hall–Kier alpha value is -7.56. The van der Waals surface area contributed by atoms with Gasteiger partial charge in [0.25, 0.3) is 11.8 Å². The van der Waals surface area contributed by atoms with Gasteiger partial charge in [-0.2, -0.15) is 36.1 Å². The number of rotatable bonds is 9. The number of pyridine rings is 2. The molecule has 0 fully saturated rings. The van der Waals surface area contributed by atoms with Crippen molar-refractivity contribution < 1.29 is 41.1 Å². The number of alkyl halides is 6. The summed E-state index contributed by atoms with van der Waals surface area (Å²) in [5.41, 5.74) is -0.680. The number of halogens is 6. The van der Waals surface area contributed by atoms with E-state index in [0.29, 0.717) is 27.8 Å². The molecule has 4 N–H and O–H groups in total. The van der Waals surface area contributed by atoms with E-state index in [0.717, 1.165) is 12.1 Å². The molecule has 11 nitrogen and oxygen atoms in total. The number of amides is 2. The molecule has 8 rings (SSSR count). The fourth-order valence-corrected chi connectivity index (χ4v) is 6.94. The molecule has 60 heavy (non-hydrogen) atoms. The smallest absolute Gasteiger partial charge is 0.417 e. The second-order valence-corrected chi connectivity index (χ2v) is 13.6. The number of nitrogens with zero attached hydrogens (tertiary/aromatic N) is 5. The summed E-state index contributed by atoms with van der Waals surface area (Å²) in [4.78, 5) is 50.0. The van der Waals surface area contributed by atoms with Gasteiger partial charge in [-0.25, -0.2) is 15.0 Å². The maximum absolute atomic E-state index is 14.4. The van der Waals surface area contributed by atoms with Crippen molar-refractivity contribution in [2.75, 3.05) is 5.32 Å². The molecule has 0 radical (unpaired) electrons. The summed E-state index contributed by atoms with van der Waals surface area (Å²) in [6, 6.07) is 25.8. The Balaban J connectivity index is 1.13. The van der Waals surface area contributed by atoms with E-state index in [1.54, 1.807) is 48.5 Å². The maximum atomic E-state index is 14.4. The molecule has 0 saturated carbocycles. The summed E-state index contributed by atoms with van der Waals surface area (Å²) in [7, 11) is 0. The topological polar surface area (TPSA) is 154 Å². The number of aryl methyl sites for hydroxylation is 2. The number of fused-ring (bicyclic) bond motifs is 2. The Kier molecular flexibility index (Phi) is 10.2. The summed E-state index contributed by atoms with van der Waals surface area (Å²) >= 11 is 0. The molecule has 0 saturated heterocycles. The summed E-state index contributed by atoms with van der Waals surface area (Å²) in [6.45, 7) is 0. The number of aromatic amines is 2. The fourth-order valence-electron chi connectivity index (χ4n) is 6.94. The molecule has 302 valence electrons. The van der Waals surface area contributed by atoms with Crippen LogP contribution in [0.25, 0.3) is 44.8 Å². The molecule has 4 heterocycles. The van der Waals surface area contributed by atoms with Crippen LogP contribution in [-0.4, -0.2) is 46.7 Å². The minimum absolute atomic E-state index is 0.0263. The Bertz CT molecular complexity index is 2990. The van der Waals surface area contributed by atoms with Gasteiger partial charge >= 0.3 is 12.4 Å². The van der Waals surface area contributed by atoms with E-state index in [9.17, 15) is 41.1 Å². The Morgan fingerprint density at radius 1 is 0.717 bits per heavy atom. The summed E-state index contributed by atoms with van der Waals surface area (Å²) in [5, 5.41) is 12.9. The monoisotopic (exact) mass is 820 g/mol. The molecule has 0 spiro atoms. The molecular weight excluding hydrogens is 791 g/mol. The van der Waals surface area contributed by atoms with E-state index in [4.69, 9.17) is 0 Å². The first-order valence-electron chi connectivity index (χ1n) is 18.3. The minimum atomic E-state index is -4.76. The van der Waals surface area contributed by atoms with Crippen molar-refractivity contribution in [3.63, 3.8) is 0 Å². The van der Waals surface area contributed by atoms with Crippen molar-refractivity contribution in [2.45, 2.75) is 31.6 Å². The molecule has 0 bridgehead atoms. The minimum Gasteiger partial charge on any atom is -0.427 e. The third-order valence-electron chi connectivity index (χ3n) is 9.70. The highest BCUT2D eigenvalue weighted by Crippen LogP contribution is 2.39. The van der Waals surface area contributed by atoms with Gasteiger partial charge in [-0.3, -0.25) is 9.59 Å². The van der Waals surface area contributed by atoms with E-state index in [1.807, 2.05) is 0 Å². The lowest BCUT2D eigenvalue weighted by Crippen LogP contribution is -2.19. The summed E-state index contributed by atoms with van der Waals surface area (Å²) < 4.78 is 85.8. The second kappa shape index (κ2) is 15.7. The molecular formula is C43H30F6N8O3. The van der Waals surface area contributed by atoms with Crippen molar-refractivity contribution in [2.24, 2.45) is 4.99 Å². The number of para-hydroxylation sites is 1. The van der Waals surface area contributed by atoms with Crippen LogP contribution in [0.1, 0.15) is 49.4 Å². The number of aromatic nitrogens is 6. The van der Waals surface area contributed by atoms with Crippen molar-refractivity contribution in [1.82, 2.24) is 29.7 Å². The number of hydrogen-bond acceptors (Lipinski definition) is 6. The third kappa shape index (κ3) is 7.96. The van der Waals surface area contributed by atoms with Gasteiger partial charge in [0.1, 0.15) is 28.5 Å². The van der Waals surface area contributed by atoms with Crippen molar-refractivity contribution >= 4 is 39.7 Å². The van der Waals surface area contributed by atoms with Crippen LogP contribution < -0.4 is 10.8 Å². The zero-order valence-corrected chi connectivity index (χ0v) is 30.9. The van der Waals surface area contributed by atoms with Gasteiger partial charge in [0.15, 0.2) is 5.49 Å². The van der Waals surface area contributed by atoms with Gasteiger partial charge in [0, 0.05) is 23.5 Å². The Labute approximate surface area is 335 Å². The lowest BCUT2D eigenvalue weighted by atomic mass is 9.96. The average Bonchev–Trinajstić information content (AvgIpc) is 3.86. The molecule has 0 aliphatic heterocycles. The Morgan fingerprint density at radius 2 is 1.42 bits per heavy atom. The lowest BCUT2D eigenvalue weighted by molar-refractivity contribution is -0.137. The second-order valence-electron chi connectivity index (χ2n) is 13.6. The van der Waals surface area contributed by atoms with Gasteiger partial charge in [0.05, 0.1) is 33.3 Å². The quantitative estimate of drug-likeness (QED) is 0.0841. The van der Waals surface area contributed by atoms with Gasteiger partial charge < -0.3 is 20.5 Å². The van der Waals surface area contributed by atoms with E-state index in [-0.39, 0.29) is 74.6 Å². The first kappa shape index (κ1) is 39.3. The molecule has 0 aliphatic rings. The normalized spacial score (nSPS) is 12.3. The first-order chi connectivity index (χ1) is 28.7. The van der Waals surface area contributed by atoms with Crippen molar-refractivity contribution in [3.8, 4) is 22.8 Å². The Morgan fingerprint density at radius 3 is 2.17 bits per heavy atom. The number of nitrogens with one attached hydrogen (secondary N) is 3. The first-order valence-corrected chi connectivity index (χ1v) is 18.3. The molecule has 17 heteroatoms. The SMILES string of the molecule is O=C(Nc1ccccn1)c1cccc2[nH]c(-c3cc(CCCc4ccc5[nH]c(-c6ccccc6C(F)(F)F)nc5c4C(=O)N=c4ccccn4O)ccc3C(F)(F)F)nc12. The van der Waals surface area contributed by atoms with Crippen LogP contribution in [0.4, 0.5) is 32.2 Å². The number of H-pyrrole nitrogens is 2.